The van der Waals surface area contributed by atoms with E-state index in [2.05, 4.69) is 10.3 Å². The van der Waals surface area contributed by atoms with Crippen LogP contribution >= 0.6 is 0 Å². The van der Waals surface area contributed by atoms with Crippen LogP contribution in [0.2, 0.25) is 0 Å². The lowest BCUT2D eigenvalue weighted by atomic mass is 10.0. The van der Waals surface area contributed by atoms with Gasteiger partial charge < -0.3 is 10.1 Å². The largest absolute Gasteiger partial charge is 0.487 e. The fraction of sp³-hybridized carbons (Fsp3) is 0.154. The number of hydrogen-bond acceptors (Lipinski definition) is 3. The Morgan fingerprint density at radius 1 is 1.03 bits per heavy atom. The van der Waals surface area contributed by atoms with Gasteiger partial charge in [0.2, 0.25) is 5.91 Å². The van der Waals surface area contributed by atoms with E-state index in [-0.39, 0.29) is 24.2 Å². The van der Waals surface area contributed by atoms with Crippen LogP contribution in [0.1, 0.15) is 11.1 Å². The maximum absolute atomic E-state index is 14.4. The van der Waals surface area contributed by atoms with Gasteiger partial charge in [0.05, 0.1) is 13.0 Å². The van der Waals surface area contributed by atoms with Crippen LogP contribution in [-0.4, -0.2) is 23.5 Å². The minimum Gasteiger partial charge on any atom is -0.487 e. The molecule has 0 radical (unpaired) electrons. The highest BCUT2D eigenvalue weighted by molar-refractivity contribution is 5.90. The lowest BCUT2D eigenvalue weighted by Crippen LogP contribution is -2.35. The number of rotatable bonds is 5. The highest BCUT2D eigenvalue weighted by atomic mass is 19.1. The monoisotopic (exact) mass is 412 g/mol. The van der Waals surface area contributed by atoms with E-state index in [1.165, 1.54) is 6.07 Å². The molecule has 0 saturated carbocycles. The fourth-order valence-electron chi connectivity index (χ4n) is 4.15. The van der Waals surface area contributed by atoms with Crippen LogP contribution in [0.3, 0.4) is 0 Å². The Balaban J connectivity index is 1.27. The lowest BCUT2D eigenvalue weighted by Gasteiger charge is -2.14. The first-order valence-electron chi connectivity index (χ1n) is 10.3. The molecule has 0 saturated heterocycles. The first-order valence-corrected chi connectivity index (χ1v) is 10.3. The highest BCUT2D eigenvalue weighted by Crippen LogP contribution is 2.40. The molecule has 4 nitrogen and oxygen atoms in total. The third-order valence-electron chi connectivity index (χ3n) is 5.67. The van der Waals surface area contributed by atoms with Gasteiger partial charge >= 0.3 is 0 Å². The predicted molar refractivity (Wildman–Crippen MR) is 118 cm³/mol. The summed E-state index contributed by atoms with van der Waals surface area (Å²) in [6.45, 7) is 0.327. The van der Waals surface area contributed by atoms with Crippen molar-refractivity contribution in [3.05, 3.63) is 96.1 Å². The molecule has 0 aliphatic carbocycles. The Hall–Kier alpha value is -3.73. The van der Waals surface area contributed by atoms with E-state index < -0.39 is 0 Å². The quantitative estimate of drug-likeness (QED) is 0.517. The Morgan fingerprint density at radius 3 is 2.71 bits per heavy atom. The summed E-state index contributed by atoms with van der Waals surface area (Å²) in [6, 6.07) is 20.9. The van der Waals surface area contributed by atoms with E-state index in [0.717, 1.165) is 27.5 Å². The van der Waals surface area contributed by atoms with Gasteiger partial charge in [-0.15, -0.1) is 0 Å². The van der Waals surface area contributed by atoms with Gasteiger partial charge in [-0.3, -0.25) is 9.78 Å². The van der Waals surface area contributed by atoms with Gasteiger partial charge in [0.25, 0.3) is 0 Å². The van der Waals surface area contributed by atoms with E-state index in [9.17, 15) is 9.18 Å². The smallest absolute Gasteiger partial charge is 0.224 e. The van der Waals surface area contributed by atoms with Gasteiger partial charge in [0, 0.05) is 29.9 Å². The van der Waals surface area contributed by atoms with Crippen molar-refractivity contribution >= 4 is 16.7 Å². The first-order chi connectivity index (χ1) is 15.2. The SMILES string of the molecule is O=C(Cc1cccc2ccccc12)NC[C@@H]1Cc2c(F)ccc(-c3ccncc3)c2O1. The van der Waals surface area contributed by atoms with Crippen molar-refractivity contribution in [3.63, 3.8) is 0 Å². The van der Waals surface area contributed by atoms with Crippen molar-refractivity contribution in [1.82, 2.24) is 10.3 Å². The van der Waals surface area contributed by atoms with Gasteiger partial charge in [-0.25, -0.2) is 4.39 Å². The number of carbonyl (C=O) groups excluding carboxylic acids is 1. The molecule has 31 heavy (non-hydrogen) atoms. The Morgan fingerprint density at radius 2 is 1.84 bits per heavy atom. The van der Waals surface area contributed by atoms with Crippen molar-refractivity contribution in [2.75, 3.05) is 6.54 Å². The molecule has 0 bridgehead atoms. The summed E-state index contributed by atoms with van der Waals surface area (Å²) in [6.07, 6.45) is 3.81. The zero-order valence-electron chi connectivity index (χ0n) is 16.8. The minimum absolute atomic E-state index is 0.0780. The van der Waals surface area contributed by atoms with Gasteiger partial charge in [-0.05, 0) is 46.2 Å². The number of benzene rings is 3. The molecule has 2 heterocycles. The van der Waals surface area contributed by atoms with Crippen LogP contribution < -0.4 is 10.1 Å². The van der Waals surface area contributed by atoms with Crippen LogP contribution in [0.15, 0.2) is 79.1 Å². The van der Waals surface area contributed by atoms with Crippen LogP contribution in [0, 0.1) is 5.82 Å². The van der Waals surface area contributed by atoms with Crippen molar-refractivity contribution < 1.29 is 13.9 Å². The zero-order chi connectivity index (χ0) is 21.2. The summed E-state index contributed by atoms with van der Waals surface area (Å²) >= 11 is 0. The van der Waals surface area contributed by atoms with E-state index in [4.69, 9.17) is 4.74 Å². The molecule has 5 rings (SSSR count). The number of fused-ring (bicyclic) bond motifs is 2. The number of nitrogens with one attached hydrogen (secondary N) is 1. The van der Waals surface area contributed by atoms with Crippen molar-refractivity contribution in [2.45, 2.75) is 18.9 Å². The molecule has 0 unspecified atom stereocenters. The topological polar surface area (TPSA) is 51.2 Å². The second-order valence-electron chi connectivity index (χ2n) is 7.70. The van der Waals surface area contributed by atoms with Gasteiger partial charge in [0.1, 0.15) is 17.7 Å². The molecule has 1 amide bonds. The zero-order valence-corrected chi connectivity index (χ0v) is 16.8. The standard InChI is InChI=1S/C26H21FN2O2/c27-24-9-8-22(18-10-12-28-13-11-18)26-23(24)15-20(31-26)16-29-25(30)14-19-6-3-5-17-4-1-2-7-21(17)19/h1-13,20H,14-16H2,(H,29,30)/t20-/m0/s1. The molecule has 1 aliphatic rings. The average Bonchev–Trinajstić information content (AvgIpc) is 3.24. The van der Waals surface area contributed by atoms with Crippen LogP contribution in [0.5, 0.6) is 5.75 Å². The normalized spacial score (nSPS) is 14.8. The summed E-state index contributed by atoms with van der Waals surface area (Å²) in [7, 11) is 0. The van der Waals surface area contributed by atoms with E-state index in [0.29, 0.717) is 24.3 Å². The molecule has 1 atom stereocenters. The minimum atomic E-state index is -0.302. The summed E-state index contributed by atoms with van der Waals surface area (Å²) in [5.74, 6) is 0.197. The molecule has 0 spiro atoms. The molecule has 4 aromatic rings. The number of pyridine rings is 1. The summed E-state index contributed by atoms with van der Waals surface area (Å²) in [4.78, 5) is 16.6. The summed E-state index contributed by atoms with van der Waals surface area (Å²) in [5, 5.41) is 5.14. The maximum atomic E-state index is 14.4. The van der Waals surface area contributed by atoms with E-state index in [1.807, 2.05) is 54.6 Å². The molecule has 0 fully saturated rings. The lowest BCUT2D eigenvalue weighted by molar-refractivity contribution is -0.120. The van der Waals surface area contributed by atoms with Gasteiger partial charge in [0.15, 0.2) is 0 Å². The molecule has 1 aromatic heterocycles. The number of aromatic nitrogens is 1. The number of hydrogen-bond donors (Lipinski definition) is 1. The predicted octanol–water partition coefficient (Wildman–Crippen LogP) is 4.70. The molecule has 5 heteroatoms. The molecular weight excluding hydrogens is 391 g/mol. The second-order valence-corrected chi connectivity index (χ2v) is 7.70. The van der Waals surface area contributed by atoms with Crippen LogP contribution in [-0.2, 0) is 17.6 Å². The second kappa shape index (κ2) is 8.19. The average molecular weight is 412 g/mol. The molecule has 3 aromatic carbocycles. The fourth-order valence-corrected chi connectivity index (χ4v) is 4.15. The number of ether oxygens (including phenoxy) is 1. The van der Waals surface area contributed by atoms with Gasteiger partial charge in [-0.2, -0.15) is 0 Å². The molecule has 1 aliphatic heterocycles. The molecule has 154 valence electrons. The number of carbonyl (C=O) groups is 1. The Bertz CT molecular complexity index is 1250. The summed E-state index contributed by atoms with van der Waals surface area (Å²) in [5.41, 5.74) is 3.30. The summed E-state index contributed by atoms with van der Waals surface area (Å²) < 4.78 is 20.5. The first kappa shape index (κ1) is 19.2. The number of amides is 1. The van der Waals surface area contributed by atoms with Crippen molar-refractivity contribution in [1.29, 1.82) is 0 Å². The van der Waals surface area contributed by atoms with E-state index >= 15 is 0 Å². The van der Waals surface area contributed by atoms with Crippen LogP contribution in [0.4, 0.5) is 4.39 Å². The third-order valence-corrected chi connectivity index (χ3v) is 5.67. The van der Waals surface area contributed by atoms with Crippen LogP contribution in [0.25, 0.3) is 21.9 Å². The number of halogens is 1. The molecule has 1 N–H and O–H groups in total. The maximum Gasteiger partial charge on any atom is 0.224 e. The third kappa shape index (κ3) is 3.87. The van der Waals surface area contributed by atoms with Crippen molar-refractivity contribution in [2.24, 2.45) is 0 Å². The van der Waals surface area contributed by atoms with E-state index in [1.54, 1.807) is 18.5 Å². The number of nitrogens with zero attached hydrogens (tertiary/aromatic N) is 1. The van der Waals surface area contributed by atoms with Crippen molar-refractivity contribution in [3.8, 4) is 16.9 Å². The molecular formula is C26H21FN2O2. The highest BCUT2D eigenvalue weighted by Gasteiger charge is 2.29. The van der Waals surface area contributed by atoms with Gasteiger partial charge in [-0.1, -0.05) is 42.5 Å². The Kier molecular flexibility index (Phi) is 5.08. The Labute approximate surface area is 179 Å².